The molecule has 8 nitrogen and oxygen atoms in total. The van der Waals surface area contributed by atoms with E-state index in [1.807, 2.05) is 42.5 Å². The molecule has 0 radical (unpaired) electrons. The van der Waals surface area contributed by atoms with E-state index < -0.39 is 13.9 Å². The molecule has 3 N–H and O–H groups in total. The molecule has 234 valence electrons. The molecule has 2 aromatic rings. The van der Waals surface area contributed by atoms with Gasteiger partial charge in [-0.1, -0.05) is 88.6 Å². The SMILES string of the molecule is CCCCCCCCC=CCCCCCCCC(=O)N[C@H](COP(=O)(O)O)Cc1ccc(OCc2ccccn2)cc1. The molecule has 1 heterocycles. The summed E-state index contributed by atoms with van der Waals surface area (Å²) in [7, 11) is -4.65. The summed E-state index contributed by atoms with van der Waals surface area (Å²) in [5.74, 6) is 0.544. The monoisotopic (exact) mass is 602 g/mol. The van der Waals surface area contributed by atoms with Gasteiger partial charge in [-0.3, -0.25) is 14.3 Å². The fraction of sp³-hybridized carbons (Fsp3) is 0.576. The highest BCUT2D eigenvalue weighted by atomic mass is 31.2. The van der Waals surface area contributed by atoms with Crippen LogP contribution < -0.4 is 10.1 Å². The lowest BCUT2D eigenvalue weighted by molar-refractivity contribution is -0.122. The van der Waals surface area contributed by atoms with Gasteiger partial charge in [0.2, 0.25) is 5.91 Å². The number of rotatable bonds is 24. The second-order valence-electron chi connectivity index (χ2n) is 10.8. The topological polar surface area (TPSA) is 118 Å². The zero-order chi connectivity index (χ0) is 30.3. The first kappa shape index (κ1) is 35.7. The van der Waals surface area contributed by atoms with E-state index in [4.69, 9.17) is 19.0 Å². The Hall–Kier alpha value is -2.51. The quantitative estimate of drug-likeness (QED) is 0.0636. The van der Waals surface area contributed by atoms with Crippen molar-refractivity contribution in [3.8, 4) is 5.75 Å². The van der Waals surface area contributed by atoms with Crippen LogP contribution in [0, 0.1) is 0 Å². The number of phosphoric acid groups is 1. The van der Waals surface area contributed by atoms with Crippen molar-refractivity contribution in [1.82, 2.24) is 10.3 Å². The molecule has 0 unspecified atom stereocenters. The number of pyridine rings is 1. The van der Waals surface area contributed by atoms with E-state index in [9.17, 15) is 9.36 Å². The van der Waals surface area contributed by atoms with E-state index in [1.54, 1.807) is 6.20 Å². The number of hydrogen-bond acceptors (Lipinski definition) is 5. The Labute approximate surface area is 252 Å². The number of aromatic nitrogens is 1. The highest BCUT2D eigenvalue weighted by Crippen LogP contribution is 2.35. The molecule has 1 atom stereocenters. The van der Waals surface area contributed by atoms with Crippen molar-refractivity contribution in [3.63, 3.8) is 0 Å². The largest absolute Gasteiger partial charge is 0.487 e. The van der Waals surface area contributed by atoms with Gasteiger partial charge in [0.1, 0.15) is 12.4 Å². The molecule has 0 fully saturated rings. The van der Waals surface area contributed by atoms with E-state index in [2.05, 4.69) is 29.4 Å². The summed E-state index contributed by atoms with van der Waals surface area (Å²) in [5.41, 5.74) is 1.71. The fourth-order valence-corrected chi connectivity index (χ4v) is 5.02. The third-order valence-electron chi connectivity index (χ3n) is 6.99. The van der Waals surface area contributed by atoms with E-state index in [-0.39, 0.29) is 12.5 Å². The molecular weight excluding hydrogens is 551 g/mol. The number of ether oxygens (including phenoxy) is 1. The van der Waals surface area contributed by atoms with Gasteiger partial charge in [0.25, 0.3) is 0 Å². The highest BCUT2D eigenvalue weighted by molar-refractivity contribution is 7.46. The summed E-state index contributed by atoms with van der Waals surface area (Å²) in [5, 5.41) is 2.89. The number of carbonyl (C=O) groups excluding carboxylic acids is 1. The predicted octanol–water partition coefficient (Wildman–Crippen LogP) is 7.83. The average Bonchev–Trinajstić information content (AvgIpc) is 2.97. The van der Waals surface area contributed by atoms with Gasteiger partial charge in [-0.05, 0) is 68.4 Å². The third kappa shape index (κ3) is 18.8. The van der Waals surface area contributed by atoms with Crippen molar-refractivity contribution in [2.24, 2.45) is 0 Å². The maximum Gasteiger partial charge on any atom is 0.469 e. The molecule has 0 aliphatic heterocycles. The number of hydrogen-bond donors (Lipinski definition) is 3. The maximum atomic E-state index is 12.6. The molecule has 1 aromatic heterocycles. The molecule has 1 amide bonds. The number of unbranched alkanes of at least 4 members (excludes halogenated alkanes) is 11. The number of allylic oxidation sites excluding steroid dienone is 2. The fourth-order valence-electron chi connectivity index (χ4n) is 4.64. The third-order valence-corrected chi connectivity index (χ3v) is 7.48. The molecule has 42 heavy (non-hydrogen) atoms. The van der Waals surface area contributed by atoms with Gasteiger partial charge < -0.3 is 19.8 Å². The van der Waals surface area contributed by atoms with Crippen molar-refractivity contribution >= 4 is 13.7 Å². The molecular formula is C33H51N2O6P. The highest BCUT2D eigenvalue weighted by Gasteiger charge is 2.20. The summed E-state index contributed by atoms with van der Waals surface area (Å²) in [6.07, 6.45) is 22.6. The van der Waals surface area contributed by atoms with E-state index in [1.165, 1.54) is 51.4 Å². The van der Waals surface area contributed by atoms with Gasteiger partial charge in [0.05, 0.1) is 18.3 Å². The molecule has 9 heteroatoms. The Bertz CT molecular complexity index is 1040. The molecule has 2 rings (SSSR count). The Morgan fingerprint density at radius 1 is 0.905 bits per heavy atom. The number of phosphoric ester groups is 1. The standard InChI is InChI=1S/C33H51N2O6P/c1-2-3-4-5-6-7-8-9-10-11-12-13-14-15-16-20-33(36)35-31(28-41-42(37,38)39)26-29-21-23-32(24-22-29)40-27-30-19-17-18-25-34-30/h9-10,17-19,21-25,31H,2-8,11-16,20,26-28H2,1H3,(H,35,36)(H2,37,38,39)/t31-/m0/s1. The molecule has 0 saturated carbocycles. The first-order valence-corrected chi connectivity index (χ1v) is 17.1. The Kier molecular flexibility index (Phi) is 18.8. The van der Waals surface area contributed by atoms with Crippen LogP contribution in [0.1, 0.15) is 108 Å². The molecule has 0 spiro atoms. The van der Waals surface area contributed by atoms with Crippen molar-refractivity contribution in [1.29, 1.82) is 0 Å². The molecule has 0 aliphatic carbocycles. The first-order chi connectivity index (χ1) is 20.4. The normalized spacial score (nSPS) is 12.5. The zero-order valence-corrected chi connectivity index (χ0v) is 26.2. The lowest BCUT2D eigenvalue weighted by atomic mass is 10.1. The van der Waals surface area contributed by atoms with Crippen molar-refractivity contribution < 1.29 is 28.4 Å². The summed E-state index contributed by atoms with van der Waals surface area (Å²) in [6.45, 7) is 2.32. The number of nitrogens with zero attached hydrogens (tertiary/aromatic N) is 1. The van der Waals surface area contributed by atoms with Crippen LogP contribution in [-0.2, 0) is 26.9 Å². The van der Waals surface area contributed by atoms with Crippen LogP contribution in [0.15, 0.2) is 60.8 Å². The van der Waals surface area contributed by atoms with Gasteiger partial charge in [0, 0.05) is 12.6 Å². The smallest absolute Gasteiger partial charge is 0.469 e. The Morgan fingerprint density at radius 2 is 1.55 bits per heavy atom. The van der Waals surface area contributed by atoms with Gasteiger partial charge in [-0.2, -0.15) is 0 Å². The zero-order valence-electron chi connectivity index (χ0n) is 25.3. The van der Waals surface area contributed by atoms with Crippen molar-refractivity contribution in [3.05, 3.63) is 72.1 Å². The second-order valence-corrected chi connectivity index (χ2v) is 12.1. The molecule has 1 aromatic carbocycles. The second kappa shape index (κ2) is 22.1. The molecule has 0 aliphatic rings. The van der Waals surface area contributed by atoms with Crippen LogP contribution in [0.2, 0.25) is 0 Å². The Morgan fingerprint density at radius 3 is 2.17 bits per heavy atom. The Balaban J connectivity index is 1.63. The molecule has 0 bridgehead atoms. The van der Waals surface area contributed by atoms with Gasteiger partial charge >= 0.3 is 7.82 Å². The summed E-state index contributed by atoms with van der Waals surface area (Å²) >= 11 is 0. The van der Waals surface area contributed by atoms with Crippen LogP contribution in [0.25, 0.3) is 0 Å². The predicted molar refractivity (Wildman–Crippen MR) is 168 cm³/mol. The average molecular weight is 603 g/mol. The number of nitrogens with one attached hydrogen (secondary N) is 1. The van der Waals surface area contributed by atoms with E-state index in [0.29, 0.717) is 25.2 Å². The first-order valence-electron chi connectivity index (χ1n) is 15.6. The van der Waals surface area contributed by atoms with Crippen LogP contribution in [0.3, 0.4) is 0 Å². The molecule has 0 saturated heterocycles. The number of benzene rings is 1. The van der Waals surface area contributed by atoms with Crippen LogP contribution >= 0.6 is 7.82 Å². The minimum Gasteiger partial charge on any atom is -0.487 e. The number of amides is 1. The summed E-state index contributed by atoms with van der Waals surface area (Å²) < 4.78 is 21.8. The van der Waals surface area contributed by atoms with Gasteiger partial charge in [-0.25, -0.2) is 4.57 Å². The van der Waals surface area contributed by atoms with Gasteiger partial charge in [0.15, 0.2) is 0 Å². The maximum absolute atomic E-state index is 12.6. The lowest BCUT2D eigenvalue weighted by Gasteiger charge is -2.19. The minimum atomic E-state index is -4.65. The van der Waals surface area contributed by atoms with Crippen molar-refractivity contribution in [2.45, 2.75) is 116 Å². The lowest BCUT2D eigenvalue weighted by Crippen LogP contribution is -2.39. The van der Waals surface area contributed by atoms with Crippen molar-refractivity contribution in [2.75, 3.05) is 6.61 Å². The number of carbonyl (C=O) groups is 1. The van der Waals surface area contributed by atoms with E-state index in [0.717, 1.165) is 43.4 Å². The summed E-state index contributed by atoms with van der Waals surface area (Å²) in [4.78, 5) is 35.1. The minimum absolute atomic E-state index is 0.137. The van der Waals surface area contributed by atoms with Crippen LogP contribution in [-0.4, -0.2) is 33.3 Å². The summed E-state index contributed by atoms with van der Waals surface area (Å²) in [6, 6.07) is 12.5. The van der Waals surface area contributed by atoms with Crippen LogP contribution in [0.5, 0.6) is 5.75 Å². The van der Waals surface area contributed by atoms with E-state index >= 15 is 0 Å². The van der Waals surface area contributed by atoms with Gasteiger partial charge in [-0.15, -0.1) is 0 Å². The van der Waals surface area contributed by atoms with Crippen LogP contribution in [0.4, 0.5) is 0 Å².